The molecule has 2 aromatic rings. The van der Waals surface area contributed by atoms with Crippen LogP contribution in [0.3, 0.4) is 0 Å². The topological polar surface area (TPSA) is 137 Å². The number of hydrogen-bond donors (Lipinski definition) is 2. The number of rotatable bonds is 9. The highest BCUT2D eigenvalue weighted by Gasteiger charge is 2.42. The number of carbonyl (C=O) groups excluding carboxylic acids is 4. The third-order valence-electron chi connectivity index (χ3n) is 5.34. The van der Waals surface area contributed by atoms with Crippen LogP contribution in [-0.4, -0.2) is 63.8 Å². The van der Waals surface area contributed by atoms with Gasteiger partial charge in [-0.2, -0.15) is 0 Å². The molecule has 1 aromatic carbocycles. The van der Waals surface area contributed by atoms with Crippen LogP contribution in [0.25, 0.3) is 0 Å². The van der Waals surface area contributed by atoms with E-state index in [-0.39, 0.29) is 23.8 Å². The first-order chi connectivity index (χ1) is 17.2. The molecule has 3 rings (SSSR count). The van der Waals surface area contributed by atoms with Crippen LogP contribution >= 0.6 is 11.8 Å². The highest BCUT2D eigenvalue weighted by molar-refractivity contribution is 8.01. The fourth-order valence-electron chi connectivity index (χ4n) is 3.56. The molecule has 10 nitrogen and oxygen atoms in total. The molecule has 1 fully saturated rings. The molecule has 2 N–H and O–H groups in total. The van der Waals surface area contributed by atoms with Crippen molar-refractivity contribution >= 4 is 42.6 Å². The molecule has 2 heterocycles. The minimum atomic E-state index is -1.28. The summed E-state index contributed by atoms with van der Waals surface area (Å²) in [5.74, 6) is -2.88. The zero-order valence-electron chi connectivity index (χ0n) is 20.4. The van der Waals surface area contributed by atoms with Crippen molar-refractivity contribution in [2.24, 2.45) is 5.92 Å². The number of aromatic nitrogens is 2. The Morgan fingerprint density at radius 2 is 1.89 bits per heavy atom. The van der Waals surface area contributed by atoms with E-state index in [0.717, 1.165) is 17.3 Å². The Labute approximate surface area is 214 Å². The van der Waals surface area contributed by atoms with Crippen molar-refractivity contribution in [3.05, 3.63) is 60.2 Å². The maximum Gasteiger partial charge on any atom is 0.622 e. The Morgan fingerprint density at radius 1 is 1.14 bits per heavy atom. The normalized spacial score (nSPS) is 17.8. The Hall–Kier alpha value is -3.41. The van der Waals surface area contributed by atoms with Gasteiger partial charge < -0.3 is 19.9 Å². The van der Waals surface area contributed by atoms with Gasteiger partial charge in [-0.15, -0.1) is 11.8 Å². The lowest BCUT2D eigenvalue weighted by molar-refractivity contribution is -0.140. The molecule has 12 heteroatoms. The van der Waals surface area contributed by atoms with Crippen molar-refractivity contribution in [2.75, 3.05) is 5.75 Å². The van der Waals surface area contributed by atoms with Crippen LogP contribution < -0.4 is 10.6 Å². The van der Waals surface area contributed by atoms with Gasteiger partial charge in [-0.1, -0.05) is 44.2 Å². The maximum atomic E-state index is 13.5. The third-order valence-corrected chi connectivity index (χ3v) is 6.44. The van der Waals surface area contributed by atoms with Crippen LogP contribution in [-0.2, 0) is 30.1 Å². The van der Waals surface area contributed by atoms with Crippen molar-refractivity contribution in [1.82, 2.24) is 20.6 Å². The molecule has 2 amide bonds. The molecule has 1 aliphatic rings. The summed E-state index contributed by atoms with van der Waals surface area (Å²) in [4.78, 5) is 58.8. The van der Waals surface area contributed by atoms with Crippen molar-refractivity contribution in [3.63, 3.8) is 0 Å². The lowest BCUT2D eigenvalue weighted by Gasteiger charge is -2.29. The average Bonchev–Trinajstić information content (AvgIpc) is 2.86. The molecule has 3 atom stereocenters. The molecule has 0 unspecified atom stereocenters. The molecule has 1 aliphatic heterocycles. The van der Waals surface area contributed by atoms with E-state index < -0.39 is 48.1 Å². The molecule has 1 saturated heterocycles. The first kappa shape index (κ1) is 27.2. The quantitative estimate of drug-likeness (QED) is 0.480. The van der Waals surface area contributed by atoms with Crippen molar-refractivity contribution < 1.29 is 28.5 Å². The summed E-state index contributed by atoms with van der Waals surface area (Å²) in [6, 6.07) is 8.24. The Kier molecular flexibility index (Phi) is 9.86. The standard InChI is InChI=1S/C24H29BN4O6S/c1-15(2)11-20(25-34-21(30)14-36-16(3)24(33)35-25)29-22(31)18(12-17-7-5-4-6-8-17)28-23(32)19-13-26-9-10-27-19/h4-10,13,15-16,18,20H,11-12,14H2,1-3H3,(H,28,32)(H,29,31)/t16-,18+,20+/m1/s1. The zero-order chi connectivity index (χ0) is 26.1. The van der Waals surface area contributed by atoms with E-state index in [1.54, 1.807) is 6.92 Å². The second-order valence-corrected chi connectivity index (χ2v) is 10.1. The fraction of sp³-hybridized carbons (Fsp3) is 0.417. The molecular formula is C24H29BN4O6S. The van der Waals surface area contributed by atoms with Gasteiger partial charge in [-0.3, -0.25) is 24.2 Å². The summed E-state index contributed by atoms with van der Waals surface area (Å²) in [7, 11) is -1.28. The van der Waals surface area contributed by atoms with E-state index in [1.165, 1.54) is 18.6 Å². The van der Waals surface area contributed by atoms with Gasteiger partial charge >= 0.3 is 19.1 Å². The number of nitrogens with zero attached hydrogens (tertiary/aromatic N) is 2. The van der Waals surface area contributed by atoms with E-state index in [4.69, 9.17) is 9.31 Å². The molecule has 0 bridgehead atoms. The number of thioether (sulfide) groups is 1. The van der Waals surface area contributed by atoms with E-state index in [0.29, 0.717) is 6.42 Å². The smallest absolute Gasteiger partial charge is 0.497 e. The van der Waals surface area contributed by atoms with Gasteiger partial charge in [-0.25, -0.2) is 4.98 Å². The van der Waals surface area contributed by atoms with Gasteiger partial charge in [-0.05, 0) is 24.8 Å². The molecule has 0 aliphatic carbocycles. The predicted octanol–water partition coefficient (Wildman–Crippen LogP) is 1.60. The molecule has 0 spiro atoms. The molecule has 0 radical (unpaired) electrons. The molecule has 36 heavy (non-hydrogen) atoms. The summed E-state index contributed by atoms with van der Waals surface area (Å²) in [5, 5.41) is 5.02. The molecule has 190 valence electrons. The maximum absolute atomic E-state index is 13.5. The largest absolute Gasteiger partial charge is 0.622 e. The lowest BCUT2D eigenvalue weighted by Crippen LogP contribution is -2.57. The lowest BCUT2D eigenvalue weighted by atomic mass is 9.73. The average molecular weight is 512 g/mol. The van der Waals surface area contributed by atoms with E-state index in [9.17, 15) is 19.2 Å². The second kappa shape index (κ2) is 13.1. The zero-order valence-corrected chi connectivity index (χ0v) is 21.2. The van der Waals surface area contributed by atoms with Crippen LogP contribution in [0, 0.1) is 5.92 Å². The third kappa shape index (κ3) is 8.08. The van der Waals surface area contributed by atoms with Crippen LogP contribution in [0.4, 0.5) is 0 Å². The summed E-state index contributed by atoms with van der Waals surface area (Å²) in [6.07, 6.45) is 4.70. The van der Waals surface area contributed by atoms with E-state index in [2.05, 4.69) is 20.6 Å². The minimum absolute atomic E-state index is 0.0000869. The van der Waals surface area contributed by atoms with Gasteiger partial charge in [0.05, 0.1) is 23.1 Å². The highest BCUT2D eigenvalue weighted by Crippen LogP contribution is 2.19. The minimum Gasteiger partial charge on any atom is -0.497 e. The number of benzene rings is 1. The first-order valence-electron chi connectivity index (χ1n) is 11.7. The predicted molar refractivity (Wildman–Crippen MR) is 135 cm³/mol. The number of amides is 2. The summed E-state index contributed by atoms with van der Waals surface area (Å²) in [6.45, 7) is 5.51. The van der Waals surface area contributed by atoms with E-state index in [1.807, 2.05) is 44.2 Å². The number of carbonyl (C=O) groups is 4. The molecular weight excluding hydrogens is 483 g/mol. The van der Waals surface area contributed by atoms with Crippen LogP contribution in [0.1, 0.15) is 43.2 Å². The van der Waals surface area contributed by atoms with E-state index >= 15 is 0 Å². The Bertz CT molecular complexity index is 1060. The molecule has 1 aromatic heterocycles. The van der Waals surface area contributed by atoms with Gasteiger partial charge in [0.2, 0.25) is 5.91 Å². The van der Waals surface area contributed by atoms with Crippen LogP contribution in [0.5, 0.6) is 0 Å². The van der Waals surface area contributed by atoms with Gasteiger partial charge in [0.15, 0.2) is 0 Å². The highest BCUT2D eigenvalue weighted by atomic mass is 32.2. The number of nitrogens with one attached hydrogen (secondary N) is 2. The van der Waals surface area contributed by atoms with Gasteiger partial charge in [0, 0.05) is 18.8 Å². The van der Waals surface area contributed by atoms with Gasteiger partial charge in [0.25, 0.3) is 5.91 Å². The monoisotopic (exact) mass is 512 g/mol. The first-order valence-corrected chi connectivity index (χ1v) is 12.7. The Morgan fingerprint density at radius 3 is 2.56 bits per heavy atom. The Balaban J connectivity index is 1.82. The SMILES string of the molecule is CC(C)C[C@H](NC(=O)[C@H](Cc1ccccc1)NC(=O)c1cnccn1)B1OC(=O)CS[C@H](C)C(=O)O1. The molecule has 0 saturated carbocycles. The van der Waals surface area contributed by atoms with Gasteiger partial charge in [0.1, 0.15) is 11.7 Å². The second-order valence-electron chi connectivity index (χ2n) is 8.80. The van der Waals surface area contributed by atoms with Crippen molar-refractivity contribution in [2.45, 2.75) is 50.8 Å². The van der Waals surface area contributed by atoms with Crippen molar-refractivity contribution in [1.29, 1.82) is 0 Å². The van der Waals surface area contributed by atoms with Crippen molar-refractivity contribution in [3.8, 4) is 0 Å². The van der Waals surface area contributed by atoms with Crippen LogP contribution in [0.2, 0.25) is 0 Å². The summed E-state index contributed by atoms with van der Waals surface area (Å²) in [5.41, 5.74) is 0.892. The summed E-state index contributed by atoms with van der Waals surface area (Å²) < 4.78 is 10.9. The summed E-state index contributed by atoms with van der Waals surface area (Å²) >= 11 is 1.13. The fourth-order valence-corrected chi connectivity index (χ4v) is 4.21. The van der Waals surface area contributed by atoms with Crippen LogP contribution in [0.15, 0.2) is 48.9 Å². The number of hydrogen-bond acceptors (Lipinski definition) is 9.